The lowest BCUT2D eigenvalue weighted by Gasteiger charge is -2.25. The van der Waals surface area contributed by atoms with Gasteiger partial charge in [0.05, 0.1) is 16.8 Å². The highest BCUT2D eigenvalue weighted by molar-refractivity contribution is 5.76. The van der Waals surface area contributed by atoms with Gasteiger partial charge < -0.3 is 20.9 Å². The minimum atomic E-state index is -0.343. The topological polar surface area (TPSA) is 104 Å². The Balaban J connectivity index is 1.73. The second kappa shape index (κ2) is 9.02. The van der Waals surface area contributed by atoms with Crippen LogP contribution in [0.3, 0.4) is 0 Å². The zero-order valence-corrected chi connectivity index (χ0v) is 16.9. The van der Waals surface area contributed by atoms with E-state index in [4.69, 9.17) is 10.5 Å². The summed E-state index contributed by atoms with van der Waals surface area (Å²) in [6.45, 7) is 1.82. The maximum Gasteiger partial charge on any atom is 0.142 e. The minimum Gasteiger partial charge on any atom is -0.507 e. The fourth-order valence-corrected chi connectivity index (χ4v) is 3.96. The van der Waals surface area contributed by atoms with Crippen molar-refractivity contribution in [2.24, 2.45) is 0 Å². The Kier molecular flexibility index (Phi) is 6.01. The number of anilines is 1. The molecule has 0 spiro atoms. The molecule has 1 unspecified atom stereocenters. The number of halogens is 1. The van der Waals surface area contributed by atoms with Gasteiger partial charge in [-0.25, -0.2) is 9.37 Å². The maximum absolute atomic E-state index is 13.5. The number of piperidine rings is 1. The van der Waals surface area contributed by atoms with Crippen LogP contribution in [0.25, 0.3) is 11.3 Å². The first kappa shape index (κ1) is 20.6. The van der Waals surface area contributed by atoms with Crippen molar-refractivity contribution in [3.63, 3.8) is 0 Å². The van der Waals surface area contributed by atoms with Crippen molar-refractivity contribution in [3.8, 4) is 28.8 Å². The minimum absolute atomic E-state index is 0.0129. The highest BCUT2D eigenvalue weighted by Gasteiger charge is 2.23. The zero-order chi connectivity index (χ0) is 21.8. The Labute approximate surface area is 180 Å². The molecule has 1 saturated heterocycles. The molecule has 158 valence electrons. The second-order valence-corrected chi connectivity index (χ2v) is 7.58. The van der Waals surface area contributed by atoms with Crippen LogP contribution in [0.4, 0.5) is 10.2 Å². The second-order valence-electron chi connectivity index (χ2n) is 7.58. The van der Waals surface area contributed by atoms with Crippen LogP contribution in [-0.4, -0.2) is 23.2 Å². The average Bonchev–Trinajstić information content (AvgIpc) is 2.78. The van der Waals surface area contributed by atoms with Gasteiger partial charge in [0.15, 0.2) is 0 Å². The number of pyridine rings is 1. The summed E-state index contributed by atoms with van der Waals surface area (Å²) in [5, 5.41) is 23.6. The molecule has 4 rings (SSSR count). The molecule has 2 aromatic carbocycles. The van der Waals surface area contributed by atoms with Gasteiger partial charge in [0.1, 0.15) is 35.8 Å². The molecule has 0 saturated carbocycles. The van der Waals surface area contributed by atoms with E-state index in [-0.39, 0.29) is 29.9 Å². The number of nitrogens with one attached hydrogen (secondary N) is 1. The summed E-state index contributed by atoms with van der Waals surface area (Å²) in [6, 6.07) is 15.1. The van der Waals surface area contributed by atoms with Gasteiger partial charge in [0, 0.05) is 6.54 Å². The first-order valence-corrected chi connectivity index (χ1v) is 10.2. The number of nitrogens with two attached hydrogens (primary N) is 1. The number of aromatic nitrogens is 1. The normalized spacial score (nSPS) is 15.9. The highest BCUT2D eigenvalue weighted by Crippen LogP contribution is 2.40. The Morgan fingerprint density at radius 3 is 2.84 bits per heavy atom. The Bertz CT molecular complexity index is 1140. The van der Waals surface area contributed by atoms with Crippen LogP contribution in [0.1, 0.15) is 35.4 Å². The molecular weight excluding hydrogens is 395 g/mol. The van der Waals surface area contributed by atoms with E-state index in [1.807, 2.05) is 6.07 Å². The van der Waals surface area contributed by atoms with Crippen LogP contribution in [0.5, 0.6) is 11.5 Å². The lowest BCUT2D eigenvalue weighted by Crippen LogP contribution is -2.29. The number of aromatic hydroxyl groups is 1. The average molecular weight is 418 g/mol. The van der Waals surface area contributed by atoms with Gasteiger partial charge >= 0.3 is 0 Å². The third-order valence-corrected chi connectivity index (χ3v) is 5.47. The molecule has 6 nitrogen and oxygen atoms in total. The Morgan fingerprint density at radius 1 is 1.26 bits per heavy atom. The molecule has 0 amide bonds. The van der Waals surface area contributed by atoms with Crippen molar-refractivity contribution >= 4 is 5.82 Å². The number of hydrogen-bond acceptors (Lipinski definition) is 6. The Hall–Kier alpha value is -3.63. The molecule has 0 radical (unpaired) electrons. The van der Waals surface area contributed by atoms with Crippen LogP contribution < -0.4 is 15.8 Å². The molecule has 1 aromatic heterocycles. The summed E-state index contributed by atoms with van der Waals surface area (Å²) in [5.74, 6) is 0.300. The third-order valence-electron chi connectivity index (χ3n) is 5.47. The molecule has 7 heteroatoms. The first-order chi connectivity index (χ1) is 15.1. The number of phenols is 1. The molecule has 1 aliphatic heterocycles. The molecule has 1 aliphatic rings. The van der Waals surface area contributed by atoms with Crippen molar-refractivity contribution in [1.29, 1.82) is 5.26 Å². The van der Waals surface area contributed by atoms with E-state index in [1.165, 1.54) is 12.1 Å². The first-order valence-electron chi connectivity index (χ1n) is 10.2. The van der Waals surface area contributed by atoms with Gasteiger partial charge in [0.25, 0.3) is 0 Å². The number of rotatable bonds is 5. The maximum atomic E-state index is 13.5. The van der Waals surface area contributed by atoms with Gasteiger partial charge in [-0.2, -0.15) is 5.26 Å². The highest BCUT2D eigenvalue weighted by atomic mass is 19.1. The van der Waals surface area contributed by atoms with Crippen molar-refractivity contribution in [2.75, 3.05) is 18.8 Å². The van der Waals surface area contributed by atoms with Gasteiger partial charge in [0.2, 0.25) is 0 Å². The number of nitrogen functional groups attached to an aromatic ring is 1. The lowest BCUT2D eigenvalue weighted by atomic mass is 9.88. The number of nitrogens with zero attached hydrogens (tertiary/aromatic N) is 2. The fraction of sp³-hybridized carbons (Fsp3) is 0.250. The van der Waals surface area contributed by atoms with Gasteiger partial charge in [-0.05, 0) is 66.8 Å². The van der Waals surface area contributed by atoms with Crippen molar-refractivity contribution in [2.45, 2.75) is 25.4 Å². The number of benzene rings is 2. The van der Waals surface area contributed by atoms with Crippen LogP contribution >= 0.6 is 0 Å². The van der Waals surface area contributed by atoms with Crippen molar-refractivity contribution in [3.05, 3.63) is 71.0 Å². The summed E-state index contributed by atoms with van der Waals surface area (Å²) in [6.07, 6.45) is 1.94. The largest absolute Gasteiger partial charge is 0.507 e. The monoisotopic (exact) mass is 418 g/mol. The van der Waals surface area contributed by atoms with Crippen molar-refractivity contribution < 1.29 is 14.2 Å². The fourth-order valence-electron chi connectivity index (χ4n) is 3.96. The summed E-state index contributed by atoms with van der Waals surface area (Å²) >= 11 is 0. The van der Waals surface area contributed by atoms with E-state index in [1.54, 1.807) is 30.3 Å². The third kappa shape index (κ3) is 4.44. The zero-order valence-electron chi connectivity index (χ0n) is 16.9. The molecular formula is C24H23FN4O2. The molecule has 0 aliphatic carbocycles. The summed E-state index contributed by atoms with van der Waals surface area (Å²) in [7, 11) is 0. The standard InChI is InChI=1S/C24H23FN4O2/c25-17-6-1-4-15(10-17)14-31-22-8-2-7-21(30)23(22)20-11-18(16-5-3-9-28-13-16)19(12-26)24(27)29-20/h1-2,4,6-8,10-11,16,28,30H,3,5,9,13-14H2,(H2,27,29). The molecule has 0 bridgehead atoms. The molecule has 4 N–H and O–H groups in total. The molecule has 1 atom stereocenters. The van der Waals surface area contributed by atoms with E-state index in [0.717, 1.165) is 31.5 Å². The van der Waals surface area contributed by atoms with E-state index in [9.17, 15) is 14.8 Å². The van der Waals surface area contributed by atoms with Crippen LogP contribution in [0.15, 0.2) is 48.5 Å². The molecule has 1 fully saturated rings. The molecule has 31 heavy (non-hydrogen) atoms. The van der Waals surface area contributed by atoms with E-state index < -0.39 is 0 Å². The predicted octanol–water partition coefficient (Wildman–Crippen LogP) is 4.09. The van der Waals surface area contributed by atoms with Crippen LogP contribution in [0, 0.1) is 17.1 Å². The molecule has 3 aromatic rings. The van der Waals surface area contributed by atoms with Crippen molar-refractivity contribution in [1.82, 2.24) is 10.3 Å². The van der Waals surface area contributed by atoms with E-state index in [2.05, 4.69) is 16.4 Å². The summed E-state index contributed by atoms with van der Waals surface area (Å²) in [4.78, 5) is 4.40. The number of nitriles is 1. The number of hydrogen-bond donors (Lipinski definition) is 3. The molecule has 2 heterocycles. The van der Waals surface area contributed by atoms with Crippen LogP contribution in [0.2, 0.25) is 0 Å². The Morgan fingerprint density at radius 2 is 2.10 bits per heavy atom. The SMILES string of the molecule is N#Cc1c(C2CCCNC2)cc(-c2c(O)cccc2OCc2cccc(F)c2)nc1N. The van der Waals surface area contributed by atoms with Crippen LogP contribution in [-0.2, 0) is 6.61 Å². The summed E-state index contributed by atoms with van der Waals surface area (Å²) < 4.78 is 19.4. The number of ether oxygens (including phenoxy) is 1. The predicted molar refractivity (Wildman–Crippen MR) is 116 cm³/mol. The lowest BCUT2D eigenvalue weighted by molar-refractivity contribution is 0.305. The van der Waals surface area contributed by atoms with Gasteiger partial charge in [-0.1, -0.05) is 18.2 Å². The van der Waals surface area contributed by atoms with Gasteiger partial charge in [-0.3, -0.25) is 0 Å². The summed E-state index contributed by atoms with van der Waals surface area (Å²) in [5.41, 5.74) is 8.81. The smallest absolute Gasteiger partial charge is 0.142 e. The van der Waals surface area contributed by atoms with E-state index >= 15 is 0 Å². The van der Waals surface area contributed by atoms with Gasteiger partial charge in [-0.15, -0.1) is 0 Å². The van der Waals surface area contributed by atoms with E-state index in [0.29, 0.717) is 28.1 Å². The quantitative estimate of drug-likeness (QED) is 0.576. The number of phenolic OH excluding ortho intramolecular Hbond substituents is 1.